The second kappa shape index (κ2) is 6.03. The van der Waals surface area contributed by atoms with E-state index in [0.717, 1.165) is 21.5 Å². The molecule has 18 heavy (non-hydrogen) atoms. The van der Waals surface area contributed by atoms with Gasteiger partial charge in [0.2, 0.25) is 10.0 Å². The largest absolute Gasteiger partial charge is 0.241 e. The minimum Gasteiger partial charge on any atom is -0.211 e. The van der Waals surface area contributed by atoms with Gasteiger partial charge in [-0.1, -0.05) is 19.3 Å². The van der Waals surface area contributed by atoms with E-state index >= 15 is 0 Å². The van der Waals surface area contributed by atoms with Crippen LogP contribution in [0.1, 0.15) is 37.0 Å². The molecule has 1 aliphatic rings. The van der Waals surface area contributed by atoms with Crippen molar-refractivity contribution in [3.8, 4) is 0 Å². The van der Waals surface area contributed by atoms with Crippen LogP contribution in [0.25, 0.3) is 0 Å². The maximum absolute atomic E-state index is 12.2. The van der Waals surface area contributed by atoms with Crippen molar-refractivity contribution in [3.63, 3.8) is 0 Å². The van der Waals surface area contributed by atoms with Gasteiger partial charge in [0.05, 0.1) is 8.68 Å². The van der Waals surface area contributed by atoms with E-state index in [-0.39, 0.29) is 0 Å². The van der Waals surface area contributed by atoms with Crippen LogP contribution >= 0.6 is 27.3 Å². The molecule has 102 valence electrons. The summed E-state index contributed by atoms with van der Waals surface area (Å²) < 4.78 is 28.0. The summed E-state index contributed by atoms with van der Waals surface area (Å²) in [5, 5.41) is 0. The maximum Gasteiger partial charge on any atom is 0.241 e. The third kappa shape index (κ3) is 3.56. The average molecular weight is 352 g/mol. The van der Waals surface area contributed by atoms with Gasteiger partial charge in [-0.15, -0.1) is 11.3 Å². The Bertz CT molecular complexity index is 504. The molecule has 6 heteroatoms. The highest BCUT2D eigenvalue weighted by Gasteiger charge is 2.21. The minimum absolute atomic E-state index is 0.412. The second-order valence-corrected chi connectivity index (χ2v) is 9.20. The zero-order valence-corrected chi connectivity index (χ0v) is 13.6. The quantitative estimate of drug-likeness (QED) is 0.899. The lowest BCUT2D eigenvalue weighted by Crippen LogP contribution is -2.30. The first-order chi connectivity index (χ1) is 8.49. The molecule has 1 aromatic rings. The fourth-order valence-electron chi connectivity index (χ4n) is 2.39. The number of hydrogen-bond acceptors (Lipinski definition) is 3. The van der Waals surface area contributed by atoms with Crippen molar-refractivity contribution in [3.05, 3.63) is 14.7 Å². The van der Waals surface area contributed by atoms with Crippen LogP contribution in [-0.2, 0) is 10.0 Å². The molecule has 2 rings (SSSR count). The number of aryl methyl sites for hydroxylation is 1. The Balaban J connectivity index is 2.01. The van der Waals surface area contributed by atoms with E-state index < -0.39 is 10.0 Å². The van der Waals surface area contributed by atoms with Crippen LogP contribution in [-0.4, -0.2) is 15.0 Å². The van der Waals surface area contributed by atoms with E-state index in [1.54, 1.807) is 6.07 Å². The van der Waals surface area contributed by atoms with Crippen LogP contribution in [0.5, 0.6) is 0 Å². The van der Waals surface area contributed by atoms with Crippen LogP contribution in [0.3, 0.4) is 0 Å². The predicted octanol–water partition coefficient (Wildman–Crippen LogP) is 3.68. The van der Waals surface area contributed by atoms with Crippen LogP contribution in [0.15, 0.2) is 14.7 Å². The summed E-state index contributed by atoms with van der Waals surface area (Å²) in [5.74, 6) is 0.510. The molecule has 0 aliphatic heterocycles. The lowest BCUT2D eigenvalue weighted by atomic mass is 9.90. The summed E-state index contributed by atoms with van der Waals surface area (Å²) in [6, 6.07) is 1.68. The summed E-state index contributed by atoms with van der Waals surface area (Å²) in [4.78, 5) is 1.24. The van der Waals surface area contributed by atoms with Crippen LogP contribution in [0.2, 0.25) is 0 Å². The molecule has 1 aliphatic carbocycles. The van der Waals surface area contributed by atoms with Crippen molar-refractivity contribution in [1.29, 1.82) is 0 Å². The summed E-state index contributed by atoms with van der Waals surface area (Å²) in [6.07, 6.45) is 6.05. The third-order valence-corrected chi connectivity index (χ3v) is 6.65. The summed E-state index contributed by atoms with van der Waals surface area (Å²) in [7, 11) is -3.34. The molecule has 1 heterocycles. The lowest BCUT2D eigenvalue weighted by Gasteiger charge is -2.21. The molecule has 0 amide bonds. The van der Waals surface area contributed by atoms with Crippen LogP contribution in [0.4, 0.5) is 0 Å². The van der Waals surface area contributed by atoms with Gasteiger partial charge in [-0.25, -0.2) is 13.1 Å². The molecule has 0 unspecified atom stereocenters. The Morgan fingerprint density at radius 1 is 1.39 bits per heavy atom. The number of hydrogen-bond donors (Lipinski definition) is 1. The van der Waals surface area contributed by atoms with Crippen molar-refractivity contribution in [2.75, 3.05) is 6.54 Å². The Kier molecular flexibility index (Phi) is 4.86. The van der Waals surface area contributed by atoms with E-state index in [2.05, 4.69) is 20.7 Å². The Labute approximate surface area is 121 Å². The molecule has 0 radical (unpaired) electrons. The Hall–Kier alpha value is 0.0900. The molecule has 0 atom stereocenters. The standard InChI is InChI=1S/C12H18BrNO2S2/c1-9-11(7-12(13)17-9)18(15,16)14-8-10-5-3-2-4-6-10/h7,10,14H,2-6,8H2,1H3. The molecular weight excluding hydrogens is 334 g/mol. The number of rotatable bonds is 4. The number of halogens is 1. The van der Waals surface area contributed by atoms with Gasteiger partial charge in [0.25, 0.3) is 0 Å². The summed E-state index contributed by atoms with van der Waals surface area (Å²) in [6.45, 7) is 2.42. The van der Waals surface area contributed by atoms with Gasteiger partial charge >= 0.3 is 0 Å². The molecule has 1 saturated carbocycles. The van der Waals surface area contributed by atoms with Crippen LogP contribution < -0.4 is 4.72 Å². The van der Waals surface area contributed by atoms with Crippen molar-refractivity contribution in [2.45, 2.75) is 43.9 Å². The minimum atomic E-state index is -3.34. The van der Waals surface area contributed by atoms with Gasteiger partial charge in [-0.05, 0) is 47.7 Å². The monoisotopic (exact) mass is 351 g/mol. The molecular formula is C12H18BrNO2S2. The average Bonchev–Trinajstić information content (AvgIpc) is 2.68. The van der Waals surface area contributed by atoms with Crippen molar-refractivity contribution >= 4 is 37.3 Å². The Morgan fingerprint density at radius 2 is 2.06 bits per heavy atom. The maximum atomic E-state index is 12.2. The first-order valence-corrected chi connectivity index (χ1v) is 9.34. The number of nitrogens with one attached hydrogen (secondary N) is 1. The lowest BCUT2D eigenvalue weighted by molar-refractivity contribution is 0.357. The highest BCUT2D eigenvalue weighted by Crippen LogP contribution is 2.30. The number of thiophene rings is 1. The normalized spacial score (nSPS) is 18.1. The molecule has 0 aromatic carbocycles. The first kappa shape index (κ1) is 14.5. The zero-order chi connectivity index (χ0) is 13.2. The van der Waals surface area contributed by atoms with Gasteiger partial charge in [0.15, 0.2) is 0 Å². The first-order valence-electron chi connectivity index (χ1n) is 6.24. The summed E-state index contributed by atoms with van der Waals surface area (Å²) in [5.41, 5.74) is 0. The number of sulfonamides is 1. The van der Waals surface area contributed by atoms with E-state index in [0.29, 0.717) is 17.4 Å². The third-order valence-electron chi connectivity index (χ3n) is 3.42. The van der Waals surface area contributed by atoms with Gasteiger partial charge in [0, 0.05) is 11.4 Å². The van der Waals surface area contributed by atoms with Crippen molar-refractivity contribution in [2.24, 2.45) is 5.92 Å². The van der Waals surface area contributed by atoms with Gasteiger partial charge in [-0.2, -0.15) is 0 Å². The molecule has 0 spiro atoms. The van der Waals surface area contributed by atoms with E-state index in [4.69, 9.17) is 0 Å². The summed E-state index contributed by atoms with van der Waals surface area (Å²) >= 11 is 4.78. The highest BCUT2D eigenvalue weighted by atomic mass is 79.9. The molecule has 3 nitrogen and oxygen atoms in total. The molecule has 1 N–H and O–H groups in total. The van der Waals surface area contributed by atoms with E-state index in [9.17, 15) is 8.42 Å². The van der Waals surface area contributed by atoms with Gasteiger partial charge in [0.1, 0.15) is 0 Å². The smallest absolute Gasteiger partial charge is 0.211 e. The topological polar surface area (TPSA) is 46.2 Å². The highest BCUT2D eigenvalue weighted by molar-refractivity contribution is 9.11. The van der Waals surface area contributed by atoms with E-state index in [1.807, 2.05) is 6.92 Å². The predicted molar refractivity (Wildman–Crippen MR) is 78.5 cm³/mol. The molecule has 1 aromatic heterocycles. The van der Waals surface area contributed by atoms with Crippen molar-refractivity contribution in [1.82, 2.24) is 4.72 Å². The van der Waals surface area contributed by atoms with Gasteiger partial charge < -0.3 is 0 Å². The van der Waals surface area contributed by atoms with Crippen LogP contribution in [0, 0.1) is 12.8 Å². The molecule has 0 saturated heterocycles. The molecule has 0 bridgehead atoms. The SMILES string of the molecule is Cc1sc(Br)cc1S(=O)(=O)NCC1CCCCC1. The molecule has 1 fully saturated rings. The Morgan fingerprint density at radius 3 is 2.61 bits per heavy atom. The zero-order valence-electron chi connectivity index (χ0n) is 10.4. The van der Waals surface area contributed by atoms with E-state index in [1.165, 1.54) is 30.6 Å². The van der Waals surface area contributed by atoms with Crippen molar-refractivity contribution < 1.29 is 8.42 Å². The fourth-order valence-corrected chi connectivity index (χ4v) is 5.92. The van der Waals surface area contributed by atoms with Gasteiger partial charge in [-0.3, -0.25) is 0 Å². The second-order valence-electron chi connectivity index (χ2n) is 4.83. The fraction of sp³-hybridized carbons (Fsp3) is 0.667.